The van der Waals surface area contributed by atoms with Gasteiger partial charge in [0.25, 0.3) is 5.91 Å². The summed E-state index contributed by atoms with van der Waals surface area (Å²) in [6.07, 6.45) is 4.12. The number of carbonyl (C=O) groups excluding carboxylic acids is 1. The first-order valence-corrected chi connectivity index (χ1v) is 8.99. The van der Waals surface area contributed by atoms with Crippen LogP contribution in [0.25, 0.3) is 10.9 Å². The molecule has 0 radical (unpaired) electrons. The number of nitrogens with one attached hydrogen (secondary N) is 1. The van der Waals surface area contributed by atoms with Gasteiger partial charge in [-0.2, -0.15) is 5.10 Å². The SMILES string of the molecule is Cc1cnc2c(C)cccc2c1N1CCCC(c2cc(C(N)=O)n[nH]2)C1. The predicted molar refractivity (Wildman–Crippen MR) is 103 cm³/mol. The number of anilines is 1. The molecule has 1 amide bonds. The number of pyridine rings is 1. The van der Waals surface area contributed by atoms with E-state index >= 15 is 0 Å². The fourth-order valence-corrected chi connectivity index (χ4v) is 3.98. The first-order chi connectivity index (χ1) is 12.5. The van der Waals surface area contributed by atoms with E-state index in [4.69, 9.17) is 5.73 Å². The largest absolute Gasteiger partial charge is 0.370 e. The van der Waals surface area contributed by atoms with Gasteiger partial charge in [0.2, 0.25) is 0 Å². The molecular weight excluding hydrogens is 326 g/mol. The van der Waals surface area contributed by atoms with E-state index in [0.29, 0.717) is 11.6 Å². The molecule has 1 fully saturated rings. The lowest BCUT2D eigenvalue weighted by Crippen LogP contribution is -2.35. The Kier molecular flexibility index (Phi) is 4.11. The lowest BCUT2D eigenvalue weighted by molar-refractivity contribution is 0.0995. The molecule has 0 spiro atoms. The van der Waals surface area contributed by atoms with E-state index in [-0.39, 0.29) is 0 Å². The summed E-state index contributed by atoms with van der Waals surface area (Å²) in [5, 5.41) is 8.24. The van der Waals surface area contributed by atoms with Crippen molar-refractivity contribution in [2.45, 2.75) is 32.6 Å². The number of piperidine rings is 1. The number of amides is 1. The number of aromatic amines is 1. The molecule has 6 heteroatoms. The van der Waals surface area contributed by atoms with E-state index in [2.05, 4.69) is 52.1 Å². The van der Waals surface area contributed by atoms with Gasteiger partial charge in [0.15, 0.2) is 0 Å². The van der Waals surface area contributed by atoms with Gasteiger partial charge >= 0.3 is 0 Å². The molecule has 1 aliphatic rings. The molecule has 1 aromatic carbocycles. The van der Waals surface area contributed by atoms with Gasteiger partial charge in [0.05, 0.1) is 11.2 Å². The highest BCUT2D eigenvalue weighted by Crippen LogP contribution is 2.35. The third-order valence-corrected chi connectivity index (χ3v) is 5.28. The molecule has 1 aliphatic heterocycles. The maximum absolute atomic E-state index is 11.3. The number of aryl methyl sites for hydroxylation is 2. The van der Waals surface area contributed by atoms with Crippen LogP contribution in [-0.2, 0) is 0 Å². The van der Waals surface area contributed by atoms with Crippen molar-refractivity contribution in [1.82, 2.24) is 15.2 Å². The summed E-state index contributed by atoms with van der Waals surface area (Å²) in [6, 6.07) is 8.14. The number of primary amides is 1. The van der Waals surface area contributed by atoms with Crippen molar-refractivity contribution in [3.63, 3.8) is 0 Å². The van der Waals surface area contributed by atoms with Crippen LogP contribution < -0.4 is 10.6 Å². The Morgan fingerprint density at radius 1 is 1.31 bits per heavy atom. The van der Waals surface area contributed by atoms with Crippen molar-refractivity contribution >= 4 is 22.5 Å². The van der Waals surface area contributed by atoms with Crippen LogP contribution in [0.15, 0.2) is 30.5 Å². The Morgan fingerprint density at radius 2 is 2.15 bits per heavy atom. The molecule has 4 rings (SSSR count). The van der Waals surface area contributed by atoms with Crippen molar-refractivity contribution in [2.24, 2.45) is 5.73 Å². The van der Waals surface area contributed by atoms with Crippen LogP contribution in [0.4, 0.5) is 5.69 Å². The maximum atomic E-state index is 11.3. The van der Waals surface area contributed by atoms with Crippen molar-refractivity contribution in [1.29, 1.82) is 0 Å². The lowest BCUT2D eigenvalue weighted by Gasteiger charge is -2.35. The molecule has 2 aromatic heterocycles. The van der Waals surface area contributed by atoms with Crippen molar-refractivity contribution in [2.75, 3.05) is 18.0 Å². The van der Waals surface area contributed by atoms with Crippen LogP contribution in [0.2, 0.25) is 0 Å². The molecule has 1 saturated heterocycles. The molecule has 134 valence electrons. The van der Waals surface area contributed by atoms with E-state index < -0.39 is 5.91 Å². The number of benzene rings is 1. The van der Waals surface area contributed by atoms with Gasteiger partial charge in [-0.05, 0) is 43.9 Å². The predicted octanol–water partition coefficient (Wildman–Crippen LogP) is 3.06. The lowest BCUT2D eigenvalue weighted by atomic mass is 9.93. The third kappa shape index (κ3) is 2.81. The summed E-state index contributed by atoms with van der Waals surface area (Å²) in [4.78, 5) is 18.4. The van der Waals surface area contributed by atoms with Gasteiger partial charge in [-0.1, -0.05) is 18.2 Å². The topological polar surface area (TPSA) is 87.9 Å². The highest BCUT2D eigenvalue weighted by atomic mass is 16.1. The summed E-state index contributed by atoms with van der Waals surface area (Å²) in [5.41, 5.74) is 11.3. The standard InChI is InChI=1S/C20H23N5O/c1-12-5-3-7-15-18(12)22-10-13(2)19(15)25-8-4-6-14(11-25)16-9-17(20(21)26)24-23-16/h3,5,7,9-10,14H,4,6,8,11H2,1-2H3,(H2,21,26)(H,23,24). The van der Waals surface area contributed by atoms with E-state index in [1.165, 1.54) is 22.2 Å². The normalized spacial score (nSPS) is 17.6. The first-order valence-electron chi connectivity index (χ1n) is 8.99. The highest BCUT2D eigenvalue weighted by molar-refractivity contribution is 5.95. The van der Waals surface area contributed by atoms with Gasteiger partial charge in [-0.3, -0.25) is 14.9 Å². The van der Waals surface area contributed by atoms with Crippen LogP contribution in [0.1, 0.15) is 46.1 Å². The van der Waals surface area contributed by atoms with Gasteiger partial charge in [-0.25, -0.2) is 0 Å². The second-order valence-corrected chi connectivity index (χ2v) is 7.12. The third-order valence-electron chi connectivity index (χ3n) is 5.28. The number of rotatable bonds is 3. The van der Waals surface area contributed by atoms with E-state index in [1.807, 2.05) is 6.20 Å². The number of aromatic nitrogens is 3. The average Bonchev–Trinajstić information content (AvgIpc) is 3.12. The van der Waals surface area contributed by atoms with Crippen molar-refractivity contribution in [3.8, 4) is 0 Å². The van der Waals surface area contributed by atoms with Gasteiger partial charge in [0.1, 0.15) is 5.69 Å². The smallest absolute Gasteiger partial charge is 0.269 e. The number of nitrogens with two attached hydrogens (primary N) is 1. The van der Waals surface area contributed by atoms with Gasteiger partial charge < -0.3 is 10.6 Å². The second kappa shape index (κ2) is 6.44. The Bertz CT molecular complexity index is 977. The molecule has 6 nitrogen and oxygen atoms in total. The number of carbonyl (C=O) groups is 1. The Labute approximate surface area is 152 Å². The molecule has 0 saturated carbocycles. The minimum Gasteiger partial charge on any atom is -0.370 e. The summed E-state index contributed by atoms with van der Waals surface area (Å²) in [5.74, 6) is -0.191. The Balaban J connectivity index is 1.70. The first kappa shape index (κ1) is 16.6. The number of hydrogen-bond acceptors (Lipinski definition) is 4. The zero-order valence-corrected chi connectivity index (χ0v) is 15.1. The Hall–Kier alpha value is -2.89. The van der Waals surface area contributed by atoms with Crippen LogP contribution >= 0.6 is 0 Å². The summed E-state index contributed by atoms with van der Waals surface area (Å²) in [6.45, 7) is 6.12. The fraction of sp³-hybridized carbons (Fsp3) is 0.350. The minimum atomic E-state index is -0.494. The molecule has 1 atom stereocenters. The van der Waals surface area contributed by atoms with Crippen LogP contribution in [-0.4, -0.2) is 34.2 Å². The zero-order valence-electron chi connectivity index (χ0n) is 15.1. The maximum Gasteiger partial charge on any atom is 0.269 e. The van der Waals surface area contributed by atoms with Crippen molar-refractivity contribution < 1.29 is 4.79 Å². The average molecular weight is 349 g/mol. The molecule has 1 unspecified atom stereocenters. The van der Waals surface area contributed by atoms with Crippen LogP contribution in [0.3, 0.4) is 0 Å². The minimum absolute atomic E-state index is 0.303. The molecule has 26 heavy (non-hydrogen) atoms. The van der Waals surface area contributed by atoms with E-state index in [9.17, 15) is 4.79 Å². The van der Waals surface area contributed by atoms with Gasteiger partial charge in [-0.15, -0.1) is 0 Å². The highest BCUT2D eigenvalue weighted by Gasteiger charge is 2.26. The van der Waals surface area contributed by atoms with Crippen LogP contribution in [0.5, 0.6) is 0 Å². The number of hydrogen-bond donors (Lipinski definition) is 2. The quantitative estimate of drug-likeness (QED) is 0.761. The molecular formula is C20H23N5O. The molecule has 3 N–H and O–H groups in total. The van der Waals surface area contributed by atoms with E-state index in [1.54, 1.807) is 6.07 Å². The number of para-hydroxylation sites is 1. The molecule has 0 bridgehead atoms. The summed E-state index contributed by atoms with van der Waals surface area (Å²) >= 11 is 0. The summed E-state index contributed by atoms with van der Waals surface area (Å²) in [7, 11) is 0. The Morgan fingerprint density at radius 3 is 2.92 bits per heavy atom. The number of nitrogens with zero attached hydrogens (tertiary/aromatic N) is 3. The molecule has 3 aromatic rings. The summed E-state index contributed by atoms with van der Waals surface area (Å²) < 4.78 is 0. The second-order valence-electron chi connectivity index (χ2n) is 7.12. The zero-order chi connectivity index (χ0) is 18.3. The monoisotopic (exact) mass is 349 g/mol. The van der Waals surface area contributed by atoms with Crippen LogP contribution in [0, 0.1) is 13.8 Å². The van der Waals surface area contributed by atoms with Crippen molar-refractivity contribution in [3.05, 3.63) is 53.0 Å². The van der Waals surface area contributed by atoms with Gasteiger partial charge in [0, 0.05) is 36.3 Å². The molecule has 3 heterocycles. The number of H-pyrrole nitrogens is 1. The fourth-order valence-electron chi connectivity index (χ4n) is 3.98. The van der Waals surface area contributed by atoms with E-state index in [0.717, 1.165) is 37.1 Å². The number of fused-ring (bicyclic) bond motifs is 1. The molecule has 0 aliphatic carbocycles.